The SMILES string of the molecule is [2H]c1c([2H])c(-c2ccc3oc4ccccc4c3c2)c2c(oc3c([2H])c(-c4nc(-c5ccccc5)nc(-c5ccccc5)n4)c([2H])c([2H])c32)c1[2H]. The van der Waals surface area contributed by atoms with Gasteiger partial charge in [-0.2, -0.15) is 0 Å². The van der Waals surface area contributed by atoms with Gasteiger partial charge in [0, 0.05) is 38.2 Å². The highest BCUT2D eigenvalue weighted by molar-refractivity contribution is 6.14. The highest BCUT2D eigenvalue weighted by Crippen LogP contribution is 2.40. The van der Waals surface area contributed by atoms with Crippen LogP contribution in [-0.4, -0.2) is 15.0 Å². The molecule has 0 bridgehead atoms. The number of rotatable bonds is 4. The molecule has 0 unspecified atom stereocenters. The van der Waals surface area contributed by atoms with Crippen LogP contribution >= 0.6 is 0 Å². The number of furan rings is 2. The summed E-state index contributed by atoms with van der Waals surface area (Å²) in [5.74, 6) is 0.690. The van der Waals surface area contributed by atoms with Crippen molar-refractivity contribution in [3.63, 3.8) is 0 Å². The lowest BCUT2D eigenvalue weighted by molar-refractivity contribution is 0.669. The number of aromatic nitrogens is 3. The smallest absolute Gasteiger partial charge is 0.164 e. The molecule has 9 aromatic rings. The molecule has 0 saturated carbocycles. The summed E-state index contributed by atoms with van der Waals surface area (Å²) in [6.07, 6.45) is 0. The standard InChI is InChI=1S/C39H23N3O2/c1-3-10-24(11-4-1)37-40-38(25-12-5-2-6-13-25)42-39(41-37)27-18-20-30-35(23-27)44-34-17-9-15-28(36(30)34)26-19-21-33-31(22-26)29-14-7-8-16-32(29)43-33/h1-23H/i9D,15D,17D,18D,20D,23D. The molecule has 5 nitrogen and oxygen atoms in total. The van der Waals surface area contributed by atoms with Crippen LogP contribution in [-0.2, 0) is 0 Å². The summed E-state index contributed by atoms with van der Waals surface area (Å²) >= 11 is 0. The summed E-state index contributed by atoms with van der Waals surface area (Å²) < 4.78 is 66.6. The van der Waals surface area contributed by atoms with Crippen LogP contribution in [0.1, 0.15) is 8.22 Å². The molecule has 0 spiro atoms. The van der Waals surface area contributed by atoms with E-state index < -0.39 is 0 Å². The molecule has 44 heavy (non-hydrogen) atoms. The van der Waals surface area contributed by atoms with Crippen LogP contribution in [0.15, 0.2) is 148 Å². The molecule has 0 aliphatic carbocycles. The zero-order valence-electron chi connectivity index (χ0n) is 29.0. The predicted molar refractivity (Wildman–Crippen MR) is 176 cm³/mol. The van der Waals surface area contributed by atoms with Crippen molar-refractivity contribution in [2.24, 2.45) is 0 Å². The van der Waals surface area contributed by atoms with Gasteiger partial charge in [0.05, 0.1) is 8.22 Å². The molecule has 9 rings (SSSR count). The van der Waals surface area contributed by atoms with Crippen molar-refractivity contribution in [2.45, 2.75) is 0 Å². The predicted octanol–water partition coefficient (Wildman–Crippen LogP) is 10.3. The Hall–Kier alpha value is -6.07. The van der Waals surface area contributed by atoms with Gasteiger partial charge in [0.15, 0.2) is 17.5 Å². The molecular weight excluding hydrogens is 542 g/mol. The fraction of sp³-hybridized carbons (Fsp3) is 0. The minimum absolute atomic E-state index is 0.0227. The first kappa shape index (κ1) is 19.2. The first-order chi connectivity index (χ1) is 24.3. The van der Waals surface area contributed by atoms with E-state index in [-0.39, 0.29) is 75.1 Å². The fourth-order valence-electron chi connectivity index (χ4n) is 5.58. The Bertz CT molecular complexity index is 2780. The van der Waals surface area contributed by atoms with E-state index in [0.29, 0.717) is 39.5 Å². The molecule has 3 heterocycles. The van der Waals surface area contributed by atoms with Crippen molar-refractivity contribution < 1.29 is 17.1 Å². The van der Waals surface area contributed by atoms with E-state index in [1.807, 2.05) is 91.0 Å². The second-order valence-electron chi connectivity index (χ2n) is 10.4. The van der Waals surface area contributed by atoms with Gasteiger partial charge in [-0.3, -0.25) is 0 Å². The van der Waals surface area contributed by atoms with Crippen molar-refractivity contribution in [1.29, 1.82) is 0 Å². The van der Waals surface area contributed by atoms with E-state index in [1.54, 1.807) is 12.1 Å². The van der Waals surface area contributed by atoms with Gasteiger partial charge < -0.3 is 8.83 Å². The number of para-hydroxylation sites is 1. The third kappa shape index (κ3) is 3.98. The number of benzene rings is 6. The number of nitrogens with zero attached hydrogens (tertiary/aromatic N) is 3. The molecule has 0 N–H and O–H groups in total. The third-order valence-electron chi connectivity index (χ3n) is 7.66. The van der Waals surface area contributed by atoms with Crippen molar-refractivity contribution in [1.82, 2.24) is 15.0 Å². The minimum Gasteiger partial charge on any atom is -0.456 e. The Kier molecular flexibility index (Phi) is 4.25. The Morgan fingerprint density at radius 3 is 1.84 bits per heavy atom. The van der Waals surface area contributed by atoms with E-state index in [0.717, 1.165) is 10.8 Å². The first-order valence-electron chi connectivity index (χ1n) is 17.0. The largest absolute Gasteiger partial charge is 0.456 e. The highest BCUT2D eigenvalue weighted by Gasteiger charge is 2.17. The molecule has 206 valence electrons. The zero-order valence-corrected chi connectivity index (χ0v) is 23.0. The molecule has 0 radical (unpaired) electrons. The monoisotopic (exact) mass is 571 g/mol. The maximum Gasteiger partial charge on any atom is 0.164 e. The van der Waals surface area contributed by atoms with Crippen LogP contribution in [0.5, 0.6) is 0 Å². The molecule has 0 saturated heterocycles. The van der Waals surface area contributed by atoms with Crippen molar-refractivity contribution >= 4 is 43.9 Å². The van der Waals surface area contributed by atoms with Gasteiger partial charge in [-0.1, -0.05) is 103 Å². The van der Waals surface area contributed by atoms with E-state index in [9.17, 15) is 4.11 Å². The summed E-state index contributed by atoms with van der Waals surface area (Å²) in [5, 5.41) is 2.01. The van der Waals surface area contributed by atoms with Crippen LogP contribution in [0.4, 0.5) is 0 Å². The first-order valence-corrected chi connectivity index (χ1v) is 14.0. The van der Waals surface area contributed by atoms with Crippen LogP contribution in [0.2, 0.25) is 0 Å². The molecule has 6 aromatic carbocycles. The summed E-state index contributed by atoms with van der Waals surface area (Å²) in [4.78, 5) is 14.1. The van der Waals surface area contributed by atoms with Crippen LogP contribution in [0.3, 0.4) is 0 Å². The average Bonchev–Trinajstić information content (AvgIpc) is 3.73. The van der Waals surface area contributed by atoms with E-state index in [2.05, 4.69) is 9.97 Å². The molecule has 0 fully saturated rings. The van der Waals surface area contributed by atoms with Crippen LogP contribution < -0.4 is 0 Å². The lowest BCUT2D eigenvalue weighted by Gasteiger charge is -2.08. The lowest BCUT2D eigenvalue weighted by atomic mass is 9.97. The van der Waals surface area contributed by atoms with Gasteiger partial charge in [-0.25, -0.2) is 15.0 Å². The normalized spacial score (nSPS) is 13.5. The van der Waals surface area contributed by atoms with Crippen molar-refractivity contribution in [2.75, 3.05) is 0 Å². The molecular formula is C39H23N3O2. The molecule has 3 aromatic heterocycles. The van der Waals surface area contributed by atoms with E-state index in [4.69, 9.17) is 17.9 Å². The molecule has 5 heteroatoms. The minimum atomic E-state index is -0.356. The molecule has 0 aliphatic heterocycles. The van der Waals surface area contributed by atoms with Crippen molar-refractivity contribution in [3.05, 3.63) is 139 Å². The Labute approximate surface area is 260 Å². The average molecular weight is 572 g/mol. The summed E-state index contributed by atoms with van der Waals surface area (Å²) in [6.45, 7) is 0. The number of fused-ring (bicyclic) bond motifs is 6. The molecule has 0 amide bonds. The summed E-state index contributed by atoms with van der Waals surface area (Å²) in [5.41, 5.74) is 3.45. The van der Waals surface area contributed by atoms with Crippen LogP contribution in [0.25, 0.3) is 89.2 Å². The zero-order chi connectivity index (χ0) is 34.3. The van der Waals surface area contributed by atoms with Crippen molar-refractivity contribution in [3.8, 4) is 45.3 Å². The van der Waals surface area contributed by atoms with E-state index >= 15 is 0 Å². The fourth-order valence-corrected chi connectivity index (χ4v) is 5.58. The van der Waals surface area contributed by atoms with Gasteiger partial charge >= 0.3 is 0 Å². The Morgan fingerprint density at radius 1 is 0.455 bits per heavy atom. The second kappa shape index (κ2) is 9.75. The summed E-state index contributed by atoms with van der Waals surface area (Å²) in [7, 11) is 0. The maximum absolute atomic E-state index is 9.36. The number of hydrogen-bond donors (Lipinski definition) is 0. The van der Waals surface area contributed by atoms with Gasteiger partial charge in [0.1, 0.15) is 22.3 Å². The second-order valence-corrected chi connectivity index (χ2v) is 10.4. The van der Waals surface area contributed by atoms with Gasteiger partial charge in [0.25, 0.3) is 0 Å². The Balaban J connectivity index is 1.34. The summed E-state index contributed by atoms with van der Waals surface area (Å²) in [6, 6.07) is 29.9. The third-order valence-corrected chi connectivity index (χ3v) is 7.66. The van der Waals surface area contributed by atoms with Gasteiger partial charge in [-0.15, -0.1) is 0 Å². The Morgan fingerprint density at radius 2 is 1.09 bits per heavy atom. The highest BCUT2D eigenvalue weighted by atomic mass is 16.3. The quantitative estimate of drug-likeness (QED) is 0.210. The topological polar surface area (TPSA) is 65.0 Å². The van der Waals surface area contributed by atoms with Crippen LogP contribution in [0, 0.1) is 0 Å². The van der Waals surface area contributed by atoms with E-state index in [1.165, 1.54) is 0 Å². The number of hydrogen-bond acceptors (Lipinski definition) is 5. The lowest BCUT2D eigenvalue weighted by Crippen LogP contribution is -2.00. The molecule has 0 atom stereocenters. The van der Waals surface area contributed by atoms with Gasteiger partial charge in [-0.05, 0) is 47.5 Å². The van der Waals surface area contributed by atoms with Gasteiger partial charge in [0.2, 0.25) is 0 Å². The maximum atomic E-state index is 9.36. The molecule has 0 aliphatic rings.